The minimum Gasteiger partial charge on any atom is -0.698 e. The molecule has 0 spiro atoms. The van der Waals surface area contributed by atoms with Gasteiger partial charge in [-0.05, 0) is 58.6 Å². The third-order valence-corrected chi connectivity index (χ3v) is 10.0. The van der Waals surface area contributed by atoms with Crippen LogP contribution in [0, 0.1) is 6.07 Å². The number of nitrogens with one attached hydrogen (secondary N) is 1. The van der Waals surface area contributed by atoms with Gasteiger partial charge in [-0.3, -0.25) is 4.55 Å². The van der Waals surface area contributed by atoms with Crippen molar-refractivity contribution >= 4 is 45.7 Å². The Labute approximate surface area is 303 Å². The van der Waals surface area contributed by atoms with E-state index in [1.165, 1.54) is 33.1 Å². The Morgan fingerprint density at radius 1 is 0.688 bits per heavy atom. The fraction of sp³-hybridized carbons (Fsp3) is 0.231. The Balaban J connectivity index is 0.000000347. The molecule has 6 nitrogen and oxygen atoms in total. The van der Waals surface area contributed by atoms with E-state index in [4.69, 9.17) is 10.3 Å². The number of benzene rings is 5. The molecule has 1 unspecified atom stereocenters. The molecule has 0 fully saturated rings. The number of anilines is 2. The van der Waals surface area contributed by atoms with E-state index in [2.05, 4.69) is 138 Å². The van der Waals surface area contributed by atoms with Gasteiger partial charge in [0.2, 0.25) is 0 Å². The zero-order valence-electron chi connectivity index (χ0n) is 28.9. The first-order chi connectivity index (χ1) is 22.1. The Morgan fingerprint density at radius 2 is 1.17 bits per heavy atom. The third-order valence-electron chi connectivity index (χ3n) is 7.01. The molecule has 257 valence electrons. The third kappa shape index (κ3) is 11.9. The second kappa shape index (κ2) is 18.3. The van der Waals surface area contributed by atoms with Gasteiger partial charge in [0, 0.05) is 65.6 Å². The van der Waals surface area contributed by atoms with Crippen molar-refractivity contribution in [3.05, 3.63) is 133 Å². The maximum Gasteiger partial charge on any atom is 0.261 e. The molecule has 2 N–H and O–H groups in total. The molecule has 0 aliphatic rings. The molecule has 0 saturated carbocycles. The predicted molar refractivity (Wildman–Crippen MR) is 205 cm³/mol. The van der Waals surface area contributed by atoms with E-state index in [-0.39, 0.29) is 25.6 Å². The van der Waals surface area contributed by atoms with Crippen LogP contribution in [0.2, 0.25) is 0 Å². The summed E-state index contributed by atoms with van der Waals surface area (Å²) in [6, 6.07) is 45.0. The molecule has 9 heteroatoms. The minimum absolute atomic E-state index is 0. The Kier molecular flexibility index (Phi) is 15.5. The van der Waals surface area contributed by atoms with Crippen molar-refractivity contribution in [2.24, 2.45) is 0 Å². The van der Waals surface area contributed by atoms with E-state index in [0.29, 0.717) is 11.9 Å². The molecule has 0 saturated heterocycles. The molecule has 5 rings (SSSR count). The van der Waals surface area contributed by atoms with Gasteiger partial charge in [-0.1, -0.05) is 130 Å². The summed E-state index contributed by atoms with van der Waals surface area (Å²) >= 11 is 0. The van der Waals surface area contributed by atoms with Crippen molar-refractivity contribution in [3.63, 3.8) is 0 Å². The summed E-state index contributed by atoms with van der Waals surface area (Å²) in [5, 5.41) is 3.02. The SMILES string of the molecule is CN(C)c1cccc(N(C)C)c1-c1ccccc1P(c1ccccc1)C(C)(C)C.CS(=O)(=O)O.[NH-]c1ccccc1-c1[c]cccc1.[Pd]. The van der Waals surface area contributed by atoms with Gasteiger partial charge in [0.25, 0.3) is 10.1 Å². The summed E-state index contributed by atoms with van der Waals surface area (Å²) in [5.41, 5.74) is 15.3. The first kappa shape index (κ1) is 40.7. The number of hydrogen-bond acceptors (Lipinski definition) is 4. The van der Waals surface area contributed by atoms with Gasteiger partial charge >= 0.3 is 0 Å². The normalized spacial score (nSPS) is 11.4. The molecule has 0 aliphatic heterocycles. The van der Waals surface area contributed by atoms with Crippen LogP contribution in [-0.2, 0) is 30.5 Å². The molecule has 0 aromatic heterocycles. The minimum atomic E-state index is -3.67. The molecule has 0 aliphatic carbocycles. The molecular weight excluding hydrogens is 728 g/mol. The second-order valence-electron chi connectivity index (χ2n) is 12.4. The maximum absolute atomic E-state index is 9.19. The van der Waals surface area contributed by atoms with Crippen molar-refractivity contribution < 1.29 is 33.4 Å². The van der Waals surface area contributed by atoms with Gasteiger partial charge in [-0.15, -0.1) is 5.69 Å². The first-order valence-electron chi connectivity index (χ1n) is 15.2. The van der Waals surface area contributed by atoms with E-state index in [9.17, 15) is 8.42 Å². The van der Waals surface area contributed by atoms with Crippen molar-refractivity contribution in [2.75, 3.05) is 44.2 Å². The number of hydrogen-bond donors (Lipinski definition) is 1. The zero-order chi connectivity index (χ0) is 34.8. The van der Waals surface area contributed by atoms with E-state index in [0.717, 1.165) is 11.1 Å². The standard InChI is InChI=1S/C26H33N2P.C12H9N.CH4O3S.Pd/c1-26(2,3)29(20-14-9-8-10-15-20)24-19-12-11-16-21(24)25-22(27(4)5)17-13-18-23(25)28(6)7;13-12-9-5-4-8-11(12)10-6-2-1-3-7-10;1-5(2,3)4;/h8-19H,1-7H3;1-6,8-9,13H;1H3,(H,2,3,4);/q;-1;;. The van der Waals surface area contributed by atoms with E-state index in [1.54, 1.807) is 6.07 Å². The largest absolute Gasteiger partial charge is 0.698 e. The van der Waals surface area contributed by atoms with Gasteiger partial charge in [0.15, 0.2) is 0 Å². The quantitative estimate of drug-likeness (QED) is 0.106. The Morgan fingerprint density at radius 3 is 1.65 bits per heavy atom. The van der Waals surface area contributed by atoms with Crippen LogP contribution in [0.4, 0.5) is 17.1 Å². The van der Waals surface area contributed by atoms with Crippen LogP contribution in [0.15, 0.2) is 121 Å². The molecule has 5 aromatic carbocycles. The van der Waals surface area contributed by atoms with Crippen LogP contribution in [0.1, 0.15) is 20.8 Å². The number of nitrogens with zero attached hydrogens (tertiary/aromatic N) is 2. The van der Waals surface area contributed by atoms with Crippen LogP contribution in [0.3, 0.4) is 0 Å². The van der Waals surface area contributed by atoms with Crippen LogP contribution >= 0.6 is 7.92 Å². The Bertz CT molecular complexity index is 1790. The monoisotopic (exact) mass is 773 g/mol. The summed E-state index contributed by atoms with van der Waals surface area (Å²) in [6.45, 7) is 7.10. The summed E-state index contributed by atoms with van der Waals surface area (Å²) in [6.07, 6.45) is 0.715. The number of rotatable bonds is 6. The van der Waals surface area contributed by atoms with Crippen LogP contribution < -0.4 is 20.4 Å². The summed E-state index contributed by atoms with van der Waals surface area (Å²) in [7, 11) is 4.32. The fourth-order valence-electron chi connectivity index (χ4n) is 5.17. The van der Waals surface area contributed by atoms with E-state index in [1.807, 2.05) is 42.5 Å². The molecule has 48 heavy (non-hydrogen) atoms. The maximum atomic E-state index is 9.19. The van der Waals surface area contributed by atoms with Gasteiger partial charge in [-0.25, -0.2) is 0 Å². The molecule has 0 heterocycles. The van der Waals surface area contributed by atoms with E-state index < -0.39 is 18.0 Å². The van der Waals surface area contributed by atoms with Crippen LogP contribution in [-0.4, -0.2) is 52.6 Å². The molecular formula is C39H46N3O3PPdS-. The predicted octanol–water partition coefficient (Wildman–Crippen LogP) is 9.06. The first-order valence-corrected chi connectivity index (χ1v) is 18.4. The zero-order valence-corrected chi connectivity index (χ0v) is 32.1. The van der Waals surface area contributed by atoms with Gasteiger partial charge in [0.1, 0.15) is 0 Å². The molecule has 1 radical (unpaired) electrons. The summed E-state index contributed by atoms with van der Waals surface area (Å²) in [5.74, 6) is 0. The van der Waals surface area contributed by atoms with Crippen molar-refractivity contribution in [2.45, 2.75) is 25.9 Å². The van der Waals surface area contributed by atoms with Gasteiger partial charge in [-0.2, -0.15) is 8.42 Å². The molecule has 0 bridgehead atoms. The Hall–Kier alpha value is -3.50. The average molecular weight is 774 g/mol. The topological polar surface area (TPSA) is 84.7 Å². The van der Waals surface area contributed by atoms with Crippen molar-refractivity contribution in [1.82, 2.24) is 0 Å². The van der Waals surface area contributed by atoms with Crippen LogP contribution in [0.5, 0.6) is 0 Å². The summed E-state index contributed by atoms with van der Waals surface area (Å²) in [4.78, 5) is 4.45. The second-order valence-corrected chi connectivity index (χ2v) is 16.9. The average Bonchev–Trinajstić information content (AvgIpc) is 3.01. The van der Waals surface area contributed by atoms with Crippen LogP contribution in [0.25, 0.3) is 28.0 Å². The summed E-state index contributed by atoms with van der Waals surface area (Å²) < 4.78 is 25.9. The van der Waals surface area contributed by atoms with Crippen molar-refractivity contribution in [1.29, 1.82) is 0 Å². The van der Waals surface area contributed by atoms with E-state index >= 15 is 0 Å². The van der Waals surface area contributed by atoms with Crippen molar-refractivity contribution in [3.8, 4) is 22.3 Å². The van der Waals surface area contributed by atoms with Gasteiger partial charge < -0.3 is 15.5 Å². The van der Waals surface area contributed by atoms with Gasteiger partial charge in [0.05, 0.1) is 6.26 Å². The molecule has 5 aromatic rings. The molecule has 0 amide bonds. The molecule has 1 atom stereocenters. The smallest absolute Gasteiger partial charge is 0.261 e. The fourth-order valence-corrected chi connectivity index (χ4v) is 8.08.